The van der Waals surface area contributed by atoms with Gasteiger partial charge in [0.2, 0.25) is 0 Å². The topological polar surface area (TPSA) is 89.9 Å². The predicted octanol–water partition coefficient (Wildman–Crippen LogP) is 0.286. The van der Waals surface area contributed by atoms with Crippen LogP contribution in [0.2, 0.25) is 0 Å². The Kier molecular flexibility index (Phi) is 6.97. The molecule has 6 heteroatoms. The molecule has 0 saturated carbocycles. The van der Waals surface area contributed by atoms with E-state index >= 15 is 0 Å². The summed E-state index contributed by atoms with van der Waals surface area (Å²) < 4.78 is 0. The van der Waals surface area contributed by atoms with Crippen molar-refractivity contribution >= 4 is 12.0 Å². The quantitative estimate of drug-likeness (QED) is 0.561. The molecule has 3 N–H and O–H groups in total. The van der Waals surface area contributed by atoms with Gasteiger partial charge in [-0.1, -0.05) is 19.9 Å². The van der Waals surface area contributed by atoms with Crippen molar-refractivity contribution in [1.29, 1.82) is 0 Å². The second kappa shape index (κ2) is 7.67. The number of aliphatic hydroxyl groups excluding tert-OH is 1. The van der Waals surface area contributed by atoms with E-state index in [0.29, 0.717) is 0 Å². The summed E-state index contributed by atoms with van der Waals surface area (Å²) >= 11 is 0. The fourth-order valence-corrected chi connectivity index (χ4v) is 1.29. The number of hydrogen-bond acceptors (Lipinski definition) is 3. The third kappa shape index (κ3) is 5.35. The van der Waals surface area contributed by atoms with Gasteiger partial charge in [-0.15, -0.1) is 6.58 Å². The first-order chi connectivity index (χ1) is 7.93. The number of amides is 2. The van der Waals surface area contributed by atoms with Crippen molar-refractivity contribution in [3.8, 4) is 0 Å². The van der Waals surface area contributed by atoms with Crippen molar-refractivity contribution in [2.45, 2.75) is 19.9 Å². The second-order valence-electron chi connectivity index (χ2n) is 3.97. The summed E-state index contributed by atoms with van der Waals surface area (Å²) in [6, 6.07) is -1.45. The van der Waals surface area contributed by atoms with Crippen molar-refractivity contribution in [3.63, 3.8) is 0 Å². The first-order valence-electron chi connectivity index (χ1n) is 5.44. The first kappa shape index (κ1) is 15.4. The van der Waals surface area contributed by atoms with Crippen LogP contribution in [0.25, 0.3) is 0 Å². The Hall–Kier alpha value is -1.56. The van der Waals surface area contributed by atoms with E-state index in [1.54, 1.807) is 13.8 Å². The molecule has 0 spiro atoms. The van der Waals surface area contributed by atoms with E-state index in [0.717, 1.165) is 0 Å². The number of rotatable bonds is 7. The van der Waals surface area contributed by atoms with E-state index in [4.69, 9.17) is 10.2 Å². The van der Waals surface area contributed by atoms with Crippen molar-refractivity contribution < 1.29 is 19.8 Å². The molecule has 0 aliphatic rings. The molecule has 0 radical (unpaired) electrons. The number of urea groups is 1. The third-order valence-corrected chi connectivity index (χ3v) is 2.22. The van der Waals surface area contributed by atoms with Crippen molar-refractivity contribution in [2.24, 2.45) is 5.92 Å². The van der Waals surface area contributed by atoms with E-state index in [1.807, 2.05) is 0 Å². The van der Waals surface area contributed by atoms with Crippen LogP contribution < -0.4 is 5.32 Å². The molecule has 0 aliphatic heterocycles. The molecule has 17 heavy (non-hydrogen) atoms. The molecule has 0 rings (SSSR count). The van der Waals surface area contributed by atoms with Crippen LogP contribution in [0.1, 0.15) is 13.8 Å². The van der Waals surface area contributed by atoms with Gasteiger partial charge in [0.25, 0.3) is 0 Å². The molecular formula is C11H20N2O4. The maximum Gasteiger partial charge on any atom is 0.326 e. The molecule has 98 valence electrons. The third-order valence-electron chi connectivity index (χ3n) is 2.22. The van der Waals surface area contributed by atoms with Gasteiger partial charge in [0.05, 0.1) is 6.61 Å². The summed E-state index contributed by atoms with van der Waals surface area (Å²) in [5, 5.41) is 20.1. The fourth-order valence-electron chi connectivity index (χ4n) is 1.29. The lowest BCUT2D eigenvalue weighted by Crippen LogP contribution is -2.50. The highest BCUT2D eigenvalue weighted by Gasteiger charge is 2.25. The van der Waals surface area contributed by atoms with Gasteiger partial charge in [-0.2, -0.15) is 0 Å². The summed E-state index contributed by atoms with van der Waals surface area (Å²) in [5.74, 6) is -1.29. The molecular weight excluding hydrogens is 224 g/mol. The zero-order valence-corrected chi connectivity index (χ0v) is 10.2. The van der Waals surface area contributed by atoms with E-state index in [1.165, 1.54) is 11.0 Å². The number of carbonyl (C=O) groups is 2. The molecule has 0 aliphatic carbocycles. The number of carboxylic acids is 1. The van der Waals surface area contributed by atoms with Crippen LogP contribution in [0.5, 0.6) is 0 Å². The number of aliphatic carboxylic acids is 1. The number of nitrogens with zero attached hydrogens (tertiary/aromatic N) is 1. The van der Waals surface area contributed by atoms with Gasteiger partial charge in [0.15, 0.2) is 0 Å². The van der Waals surface area contributed by atoms with E-state index < -0.39 is 18.0 Å². The molecule has 0 heterocycles. The molecule has 0 fully saturated rings. The predicted molar refractivity (Wildman–Crippen MR) is 63.6 cm³/mol. The number of carboxylic acid groups (broad SMARTS) is 1. The number of carbonyl (C=O) groups excluding carboxylic acids is 1. The minimum absolute atomic E-state index is 0.141. The lowest BCUT2D eigenvalue weighted by molar-refractivity contribution is -0.140. The highest BCUT2D eigenvalue weighted by Crippen LogP contribution is 2.03. The van der Waals surface area contributed by atoms with Gasteiger partial charge < -0.3 is 20.4 Å². The fraction of sp³-hybridized carbons (Fsp3) is 0.636. The number of aliphatic hydroxyl groups is 1. The molecule has 0 bridgehead atoms. The van der Waals surface area contributed by atoms with Crippen molar-refractivity contribution in [2.75, 3.05) is 19.7 Å². The van der Waals surface area contributed by atoms with E-state index in [2.05, 4.69) is 11.9 Å². The van der Waals surface area contributed by atoms with Crippen LogP contribution in [0.15, 0.2) is 12.7 Å². The lowest BCUT2D eigenvalue weighted by atomic mass is 10.1. The maximum absolute atomic E-state index is 11.7. The Morgan fingerprint density at radius 1 is 1.47 bits per heavy atom. The average Bonchev–Trinajstić information content (AvgIpc) is 2.24. The molecule has 0 unspecified atom stereocenters. The summed E-state index contributed by atoms with van der Waals surface area (Å²) in [6.07, 6.45) is 1.51. The van der Waals surface area contributed by atoms with Gasteiger partial charge in [-0.25, -0.2) is 9.59 Å². The zero-order valence-electron chi connectivity index (χ0n) is 10.2. The molecule has 0 aromatic carbocycles. The Morgan fingerprint density at radius 3 is 2.41 bits per heavy atom. The Bertz CT molecular complexity index is 279. The van der Waals surface area contributed by atoms with E-state index in [9.17, 15) is 9.59 Å². The number of nitrogens with one attached hydrogen (secondary N) is 1. The minimum Gasteiger partial charge on any atom is -0.480 e. The summed E-state index contributed by atoms with van der Waals surface area (Å²) in [7, 11) is 0. The zero-order chi connectivity index (χ0) is 13.4. The average molecular weight is 244 g/mol. The van der Waals surface area contributed by atoms with Gasteiger partial charge >= 0.3 is 12.0 Å². The van der Waals surface area contributed by atoms with Gasteiger partial charge in [0, 0.05) is 13.1 Å². The monoisotopic (exact) mass is 244 g/mol. The Labute approximate surface area is 101 Å². The second-order valence-corrected chi connectivity index (χ2v) is 3.97. The molecule has 6 nitrogen and oxygen atoms in total. The van der Waals surface area contributed by atoms with Gasteiger partial charge in [0.1, 0.15) is 6.04 Å². The highest BCUT2D eigenvalue weighted by molar-refractivity contribution is 5.82. The van der Waals surface area contributed by atoms with Crippen LogP contribution in [0, 0.1) is 5.92 Å². The first-order valence-corrected chi connectivity index (χ1v) is 5.44. The van der Waals surface area contributed by atoms with Gasteiger partial charge in [-0.05, 0) is 5.92 Å². The highest BCUT2D eigenvalue weighted by atomic mass is 16.4. The van der Waals surface area contributed by atoms with Crippen LogP contribution in [-0.4, -0.2) is 52.9 Å². The van der Waals surface area contributed by atoms with Crippen molar-refractivity contribution in [1.82, 2.24) is 10.2 Å². The summed E-state index contributed by atoms with van der Waals surface area (Å²) in [5.41, 5.74) is 0. The Morgan fingerprint density at radius 2 is 2.06 bits per heavy atom. The SMILES string of the molecule is C=CCN(CCO)C(=O)N[C@@H](C(=O)O)C(C)C. The molecule has 0 aromatic rings. The van der Waals surface area contributed by atoms with Gasteiger partial charge in [-0.3, -0.25) is 0 Å². The molecule has 1 atom stereocenters. The summed E-state index contributed by atoms with van der Waals surface area (Å²) in [6.45, 7) is 7.14. The van der Waals surface area contributed by atoms with Crippen LogP contribution >= 0.6 is 0 Å². The van der Waals surface area contributed by atoms with Crippen LogP contribution in [0.4, 0.5) is 4.79 Å². The smallest absolute Gasteiger partial charge is 0.326 e. The lowest BCUT2D eigenvalue weighted by Gasteiger charge is -2.24. The largest absolute Gasteiger partial charge is 0.480 e. The van der Waals surface area contributed by atoms with Crippen molar-refractivity contribution in [3.05, 3.63) is 12.7 Å². The molecule has 2 amide bonds. The Balaban J connectivity index is 4.55. The maximum atomic E-state index is 11.7. The minimum atomic E-state index is -1.07. The molecule has 0 aromatic heterocycles. The van der Waals surface area contributed by atoms with Crippen LogP contribution in [0.3, 0.4) is 0 Å². The normalized spacial score (nSPS) is 12.0. The summed E-state index contributed by atoms with van der Waals surface area (Å²) in [4.78, 5) is 23.9. The van der Waals surface area contributed by atoms with E-state index in [-0.39, 0.29) is 25.6 Å². The molecule has 0 saturated heterocycles. The number of hydrogen-bond donors (Lipinski definition) is 3. The van der Waals surface area contributed by atoms with Crippen LogP contribution in [-0.2, 0) is 4.79 Å². The standard InChI is InChI=1S/C11H20N2O4/c1-4-5-13(6-7-14)11(17)12-9(8(2)3)10(15)16/h4,8-9,14H,1,5-7H2,2-3H3,(H,12,17)(H,15,16)/t9-/m1/s1.